The number of hydrogen-bond acceptors (Lipinski definition) is 4. The van der Waals surface area contributed by atoms with E-state index >= 15 is 0 Å². The van der Waals surface area contributed by atoms with Gasteiger partial charge in [-0.15, -0.1) is 11.3 Å². The zero-order valence-electron chi connectivity index (χ0n) is 16.1. The van der Waals surface area contributed by atoms with Crippen LogP contribution in [0.3, 0.4) is 0 Å². The first-order chi connectivity index (χ1) is 12.9. The van der Waals surface area contributed by atoms with E-state index in [2.05, 4.69) is 25.2 Å². The lowest BCUT2D eigenvalue weighted by Crippen LogP contribution is -3.10. The predicted molar refractivity (Wildman–Crippen MR) is 106 cm³/mol. The van der Waals surface area contributed by atoms with Gasteiger partial charge in [-0.05, 0) is 50.7 Å². The smallest absolute Gasteiger partial charge is 0.323 e. The monoisotopic (exact) mass is 387 g/mol. The minimum Gasteiger partial charge on any atom is -0.323 e. The number of nitrogens with one attached hydrogen (secondary N) is 2. The highest BCUT2D eigenvalue weighted by Gasteiger charge is 2.53. The van der Waals surface area contributed by atoms with E-state index in [-0.39, 0.29) is 18.0 Å². The van der Waals surface area contributed by atoms with Crippen molar-refractivity contribution in [1.29, 1.82) is 0 Å². The van der Waals surface area contributed by atoms with E-state index in [4.69, 9.17) is 4.98 Å². The molecule has 2 N–H and O–H groups in total. The Hall–Kier alpha value is -1.99. The second-order valence-corrected chi connectivity index (χ2v) is 9.24. The molecular formula is C20H27N4O2S+. The van der Waals surface area contributed by atoms with Crippen molar-refractivity contribution >= 4 is 33.5 Å². The third-order valence-corrected chi connectivity index (χ3v) is 7.42. The van der Waals surface area contributed by atoms with Crippen molar-refractivity contribution in [2.45, 2.75) is 51.1 Å². The van der Waals surface area contributed by atoms with Crippen LogP contribution in [0.5, 0.6) is 0 Å². The molecule has 1 saturated carbocycles. The van der Waals surface area contributed by atoms with Gasteiger partial charge >= 0.3 is 6.03 Å². The first-order valence-corrected chi connectivity index (χ1v) is 10.5. The summed E-state index contributed by atoms with van der Waals surface area (Å²) in [7, 11) is 2.02. The zero-order valence-corrected chi connectivity index (χ0v) is 16.9. The minimum atomic E-state index is -0.664. The van der Waals surface area contributed by atoms with Crippen LogP contribution < -0.4 is 10.2 Å². The first-order valence-electron chi connectivity index (χ1n) is 9.71. The van der Waals surface area contributed by atoms with E-state index < -0.39 is 5.54 Å². The van der Waals surface area contributed by atoms with E-state index in [9.17, 15) is 9.59 Å². The Balaban J connectivity index is 1.47. The highest BCUT2D eigenvalue weighted by atomic mass is 32.1. The molecule has 1 aromatic heterocycles. The summed E-state index contributed by atoms with van der Waals surface area (Å²) in [6.45, 7) is 4.67. The van der Waals surface area contributed by atoms with Crippen LogP contribution in [-0.4, -0.2) is 41.1 Å². The summed E-state index contributed by atoms with van der Waals surface area (Å²) in [6, 6.07) is 7.96. The molecule has 2 fully saturated rings. The van der Waals surface area contributed by atoms with E-state index in [0.29, 0.717) is 12.6 Å². The Labute approximate surface area is 163 Å². The summed E-state index contributed by atoms with van der Waals surface area (Å²) in [4.78, 5) is 32.8. The number of carbonyl (C=O) groups is 2. The zero-order chi connectivity index (χ0) is 19.2. The fraction of sp³-hybridized carbons (Fsp3) is 0.550. The SMILES string of the molecule is CC1CCC2(CC1)NC(=O)N(C[NH+](C)[C@@H](C)c1nc3ccccc3s1)C2=O. The second kappa shape index (κ2) is 6.87. The van der Waals surface area contributed by atoms with Crippen molar-refractivity contribution in [2.75, 3.05) is 13.7 Å². The fourth-order valence-electron chi connectivity index (χ4n) is 4.09. The normalized spacial score (nSPS) is 28.0. The molecular weight excluding hydrogens is 360 g/mol. The second-order valence-electron chi connectivity index (χ2n) is 8.17. The number of benzene rings is 1. The van der Waals surface area contributed by atoms with Crippen molar-refractivity contribution in [3.05, 3.63) is 29.3 Å². The molecule has 3 amide bonds. The summed E-state index contributed by atoms with van der Waals surface area (Å²) in [5.74, 6) is 0.581. The van der Waals surface area contributed by atoms with E-state index in [0.717, 1.165) is 45.8 Å². The summed E-state index contributed by atoms with van der Waals surface area (Å²) in [5, 5.41) is 4.04. The van der Waals surface area contributed by atoms with Crippen molar-refractivity contribution in [2.24, 2.45) is 5.92 Å². The number of rotatable bonds is 4. The van der Waals surface area contributed by atoms with Gasteiger partial charge < -0.3 is 10.2 Å². The maximum absolute atomic E-state index is 13.1. The maximum Gasteiger partial charge on any atom is 0.329 e. The number of quaternary nitrogens is 1. The van der Waals surface area contributed by atoms with Crippen molar-refractivity contribution in [1.82, 2.24) is 15.2 Å². The number of carbonyl (C=O) groups excluding carboxylic acids is 2. The molecule has 6 nitrogen and oxygen atoms in total. The first kappa shape index (κ1) is 18.4. The van der Waals surface area contributed by atoms with Gasteiger partial charge in [-0.1, -0.05) is 19.1 Å². The van der Waals surface area contributed by atoms with Crippen LogP contribution in [-0.2, 0) is 4.79 Å². The van der Waals surface area contributed by atoms with Gasteiger partial charge in [-0.2, -0.15) is 0 Å². The van der Waals surface area contributed by atoms with E-state index in [1.54, 1.807) is 11.3 Å². The van der Waals surface area contributed by atoms with Gasteiger partial charge in [0.25, 0.3) is 5.91 Å². The van der Waals surface area contributed by atoms with Crippen LogP contribution in [0.15, 0.2) is 24.3 Å². The number of imide groups is 1. The van der Waals surface area contributed by atoms with Gasteiger partial charge in [-0.3, -0.25) is 4.79 Å². The van der Waals surface area contributed by atoms with E-state index in [1.807, 2.05) is 25.2 Å². The standard InChI is InChI=1S/C20H26N4O2S/c1-13-8-10-20(11-9-13)18(25)24(19(26)22-20)12-23(3)14(2)17-21-15-6-4-5-7-16(15)27-17/h4-7,13-14H,8-12H2,1-3H3,(H,22,26)/p+1/t13?,14-,20?/m0/s1. The van der Waals surface area contributed by atoms with E-state index in [1.165, 1.54) is 4.90 Å². The highest BCUT2D eigenvalue weighted by Crippen LogP contribution is 2.36. The molecule has 2 atom stereocenters. The number of fused-ring (bicyclic) bond motifs is 1. The molecule has 4 rings (SSSR count). The molecule has 144 valence electrons. The third-order valence-electron chi connectivity index (χ3n) is 6.20. The largest absolute Gasteiger partial charge is 0.329 e. The van der Waals surface area contributed by atoms with Crippen LogP contribution in [0, 0.1) is 5.92 Å². The third kappa shape index (κ3) is 3.23. The Morgan fingerprint density at radius 2 is 2.04 bits per heavy atom. The van der Waals surface area contributed by atoms with Gasteiger partial charge in [0.1, 0.15) is 11.6 Å². The number of thiazole rings is 1. The van der Waals surface area contributed by atoms with Gasteiger partial charge in [0.05, 0.1) is 17.3 Å². The predicted octanol–water partition coefficient (Wildman–Crippen LogP) is 2.33. The molecule has 1 unspecified atom stereocenters. The molecule has 0 radical (unpaired) electrons. The number of hydrogen-bond donors (Lipinski definition) is 2. The Bertz CT molecular complexity index is 839. The van der Waals surface area contributed by atoms with Crippen molar-refractivity contribution < 1.29 is 14.5 Å². The van der Waals surface area contributed by atoms with Gasteiger partial charge in [0.2, 0.25) is 0 Å². The van der Waals surface area contributed by atoms with Crippen LogP contribution in [0.2, 0.25) is 0 Å². The molecule has 27 heavy (non-hydrogen) atoms. The maximum atomic E-state index is 13.1. The molecule has 1 aliphatic heterocycles. The lowest BCUT2D eigenvalue weighted by Gasteiger charge is -2.33. The number of amides is 3. The van der Waals surface area contributed by atoms with Gasteiger partial charge in [0, 0.05) is 0 Å². The lowest BCUT2D eigenvalue weighted by atomic mass is 9.77. The fourth-order valence-corrected chi connectivity index (χ4v) is 5.20. The number of nitrogens with zero attached hydrogens (tertiary/aromatic N) is 2. The molecule has 2 aliphatic rings. The van der Waals surface area contributed by atoms with Crippen molar-refractivity contribution in [3.63, 3.8) is 0 Å². The average molecular weight is 388 g/mol. The van der Waals surface area contributed by atoms with Gasteiger partial charge in [0.15, 0.2) is 11.7 Å². The summed E-state index contributed by atoms with van der Waals surface area (Å²) < 4.78 is 1.16. The Kier molecular flexibility index (Phi) is 4.68. The topological polar surface area (TPSA) is 66.7 Å². The molecule has 1 aliphatic carbocycles. The average Bonchev–Trinajstić information content (AvgIpc) is 3.19. The van der Waals surface area contributed by atoms with Gasteiger partial charge in [-0.25, -0.2) is 14.7 Å². The molecule has 2 heterocycles. The molecule has 2 aromatic rings. The molecule has 7 heteroatoms. The molecule has 1 spiro atoms. The molecule has 0 bridgehead atoms. The lowest BCUT2D eigenvalue weighted by molar-refractivity contribution is -0.917. The number of para-hydroxylation sites is 1. The molecule has 1 aromatic carbocycles. The molecule has 1 saturated heterocycles. The van der Waals surface area contributed by atoms with Crippen LogP contribution in [0.25, 0.3) is 10.2 Å². The quantitative estimate of drug-likeness (QED) is 0.792. The Morgan fingerprint density at radius 1 is 1.33 bits per heavy atom. The minimum absolute atomic E-state index is 0.0461. The number of aromatic nitrogens is 1. The van der Waals surface area contributed by atoms with Crippen LogP contribution in [0.4, 0.5) is 4.79 Å². The Morgan fingerprint density at radius 3 is 2.74 bits per heavy atom. The number of urea groups is 1. The van der Waals surface area contributed by atoms with Crippen LogP contribution >= 0.6 is 11.3 Å². The van der Waals surface area contributed by atoms with Crippen molar-refractivity contribution in [3.8, 4) is 0 Å². The highest BCUT2D eigenvalue weighted by molar-refractivity contribution is 7.18. The summed E-state index contributed by atoms with van der Waals surface area (Å²) in [6.07, 6.45) is 3.48. The summed E-state index contributed by atoms with van der Waals surface area (Å²) in [5.41, 5.74) is 0.339. The summed E-state index contributed by atoms with van der Waals surface area (Å²) >= 11 is 1.68. The van der Waals surface area contributed by atoms with Crippen LogP contribution in [0.1, 0.15) is 50.6 Å².